The first kappa shape index (κ1) is 18.6. The highest BCUT2D eigenvalue weighted by atomic mass is 79.9. The third kappa shape index (κ3) is 5.68. The van der Waals surface area contributed by atoms with Crippen LogP contribution in [0.25, 0.3) is 0 Å². The Labute approximate surface area is 152 Å². The molecule has 1 N–H and O–H groups in total. The average molecular weight is 403 g/mol. The zero-order valence-electron chi connectivity index (χ0n) is 14.0. The van der Waals surface area contributed by atoms with Gasteiger partial charge in [-0.05, 0) is 71.1 Å². The SMILES string of the molecule is CC(C)(C)C1CCC(NC(=O)COc2ccc(Cl)cc2Br)CC1. The number of carbonyl (C=O) groups excluding carboxylic acids is 1. The fourth-order valence-electron chi connectivity index (χ4n) is 3.11. The smallest absolute Gasteiger partial charge is 0.258 e. The molecule has 1 aromatic rings. The van der Waals surface area contributed by atoms with Gasteiger partial charge in [0.1, 0.15) is 5.75 Å². The molecule has 3 nitrogen and oxygen atoms in total. The predicted octanol–water partition coefficient (Wildman–Crippen LogP) is 5.20. The second-order valence-electron chi connectivity index (χ2n) is 7.35. The fraction of sp³-hybridized carbons (Fsp3) is 0.611. The number of hydrogen-bond acceptors (Lipinski definition) is 2. The number of carbonyl (C=O) groups is 1. The topological polar surface area (TPSA) is 38.3 Å². The maximum Gasteiger partial charge on any atom is 0.258 e. The largest absolute Gasteiger partial charge is 0.483 e. The van der Waals surface area contributed by atoms with Crippen molar-refractivity contribution in [1.82, 2.24) is 5.32 Å². The van der Waals surface area contributed by atoms with E-state index in [9.17, 15) is 4.79 Å². The Hall–Kier alpha value is -0.740. The van der Waals surface area contributed by atoms with Gasteiger partial charge in [0.15, 0.2) is 6.61 Å². The molecule has 0 saturated heterocycles. The van der Waals surface area contributed by atoms with Gasteiger partial charge in [-0.1, -0.05) is 32.4 Å². The molecule has 128 valence electrons. The summed E-state index contributed by atoms with van der Waals surface area (Å²) >= 11 is 9.27. The molecule has 2 rings (SSSR count). The maximum absolute atomic E-state index is 12.1. The molecule has 5 heteroatoms. The van der Waals surface area contributed by atoms with Crippen LogP contribution in [0.3, 0.4) is 0 Å². The van der Waals surface area contributed by atoms with Crippen molar-refractivity contribution >= 4 is 33.4 Å². The van der Waals surface area contributed by atoms with E-state index in [0.717, 1.165) is 23.2 Å². The zero-order valence-corrected chi connectivity index (χ0v) is 16.3. The minimum Gasteiger partial charge on any atom is -0.483 e. The molecule has 0 radical (unpaired) electrons. The van der Waals surface area contributed by atoms with Gasteiger partial charge in [0, 0.05) is 11.1 Å². The Bertz CT molecular complexity index is 548. The van der Waals surface area contributed by atoms with Gasteiger partial charge in [-0.15, -0.1) is 0 Å². The third-order valence-electron chi connectivity index (χ3n) is 4.57. The quantitative estimate of drug-likeness (QED) is 0.751. The molecule has 0 bridgehead atoms. The molecule has 1 saturated carbocycles. The van der Waals surface area contributed by atoms with Crippen LogP contribution in [0.4, 0.5) is 0 Å². The number of ether oxygens (including phenoxy) is 1. The van der Waals surface area contributed by atoms with Crippen LogP contribution >= 0.6 is 27.5 Å². The Balaban J connectivity index is 1.75. The Morgan fingerprint density at radius 3 is 2.52 bits per heavy atom. The van der Waals surface area contributed by atoms with Crippen molar-refractivity contribution in [2.75, 3.05) is 6.61 Å². The molecule has 0 aromatic heterocycles. The van der Waals surface area contributed by atoms with Crippen LogP contribution in [0.1, 0.15) is 46.5 Å². The summed E-state index contributed by atoms with van der Waals surface area (Å²) in [5.41, 5.74) is 0.360. The summed E-state index contributed by atoms with van der Waals surface area (Å²) in [5, 5.41) is 3.72. The van der Waals surface area contributed by atoms with E-state index in [4.69, 9.17) is 16.3 Å². The summed E-state index contributed by atoms with van der Waals surface area (Å²) < 4.78 is 6.31. The van der Waals surface area contributed by atoms with E-state index >= 15 is 0 Å². The lowest BCUT2D eigenvalue weighted by Crippen LogP contribution is -2.41. The number of amides is 1. The molecule has 1 amide bonds. The zero-order chi connectivity index (χ0) is 17.0. The van der Waals surface area contributed by atoms with E-state index in [-0.39, 0.29) is 18.6 Å². The average Bonchev–Trinajstić information content (AvgIpc) is 2.46. The molecule has 0 unspecified atom stereocenters. The first-order valence-corrected chi connectivity index (χ1v) is 9.30. The van der Waals surface area contributed by atoms with Gasteiger partial charge < -0.3 is 10.1 Å². The Morgan fingerprint density at radius 1 is 1.30 bits per heavy atom. The summed E-state index contributed by atoms with van der Waals surface area (Å²) in [5.74, 6) is 1.31. The molecule has 0 atom stereocenters. The molecule has 1 aliphatic carbocycles. The van der Waals surface area contributed by atoms with Crippen LogP contribution in [-0.4, -0.2) is 18.6 Å². The van der Waals surface area contributed by atoms with Crippen molar-refractivity contribution in [1.29, 1.82) is 0 Å². The number of halogens is 2. The van der Waals surface area contributed by atoms with E-state index in [0.29, 0.717) is 16.2 Å². The number of rotatable bonds is 4. The van der Waals surface area contributed by atoms with Crippen molar-refractivity contribution in [2.45, 2.75) is 52.5 Å². The molecule has 0 aliphatic heterocycles. The summed E-state index contributed by atoms with van der Waals surface area (Å²) in [6.07, 6.45) is 4.46. The lowest BCUT2D eigenvalue weighted by Gasteiger charge is -2.37. The van der Waals surface area contributed by atoms with Crippen molar-refractivity contribution in [2.24, 2.45) is 11.3 Å². The first-order chi connectivity index (χ1) is 10.8. The Morgan fingerprint density at radius 2 is 1.96 bits per heavy atom. The van der Waals surface area contributed by atoms with Crippen molar-refractivity contribution in [3.8, 4) is 5.75 Å². The van der Waals surface area contributed by atoms with Gasteiger partial charge >= 0.3 is 0 Å². The van der Waals surface area contributed by atoms with Crippen LogP contribution in [0.5, 0.6) is 5.75 Å². The number of hydrogen-bond donors (Lipinski definition) is 1. The number of nitrogens with one attached hydrogen (secondary N) is 1. The van der Waals surface area contributed by atoms with Crippen LogP contribution < -0.4 is 10.1 Å². The monoisotopic (exact) mass is 401 g/mol. The van der Waals surface area contributed by atoms with Crippen LogP contribution in [-0.2, 0) is 4.79 Å². The summed E-state index contributed by atoms with van der Waals surface area (Å²) in [6, 6.07) is 5.53. The Kier molecular flexibility index (Phi) is 6.38. The fourth-order valence-corrected chi connectivity index (χ4v) is 3.91. The third-order valence-corrected chi connectivity index (χ3v) is 5.42. The van der Waals surface area contributed by atoms with Crippen LogP contribution in [0, 0.1) is 11.3 Å². The van der Waals surface area contributed by atoms with Gasteiger partial charge in [0.05, 0.1) is 4.47 Å². The predicted molar refractivity (Wildman–Crippen MR) is 98.0 cm³/mol. The highest BCUT2D eigenvalue weighted by Crippen LogP contribution is 2.37. The molecule has 23 heavy (non-hydrogen) atoms. The molecule has 0 spiro atoms. The van der Waals surface area contributed by atoms with E-state index < -0.39 is 0 Å². The van der Waals surface area contributed by atoms with E-state index in [1.807, 2.05) is 0 Å². The molecule has 1 aliphatic rings. The van der Waals surface area contributed by atoms with Gasteiger partial charge in [-0.2, -0.15) is 0 Å². The molecular formula is C18H25BrClNO2. The van der Waals surface area contributed by atoms with Gasteiger partial charge in [0.25, 0.3) is 5.91 Å². The number of benzene rings is 1. The van der Waals surface area contributed by atoms with E-state index in [1.54, 1.807) is 18.2 Å². The first-order valence-electron chi connectivity index (χ1n) is 8.13. The van der Waals surface area contributed by atoms with Gasteiger partial charge in [-0.3, -0.25) is 4.79 Å². The standard InChI is InChI=1S/C18H25BrClNO2/c1-18(2,3)12-4-7-14(8-5-12)21-17(22)11-23-16-9-6-13(20)10-15(16)19/h6,9-10,12,14H,4-5,7-8,11H2,1-3H3,(H,21,22). The lowest BCUT2D eigenvalue weighted by atomic mass is 9.71. The van der Waals surface area contributed by atoms with Crippen molar-refractivity contribution in [3.63, 3.8) is 0 Å². The summed E-state index contributed by atoms with van der Waals surface area (Å²) in [6.45, 7) is 6.93. The maximum atomic E-state index is 12.1. The summed E-state index contributed by atoms with van der Waals surface area (Å²) in [7, 11) is 0. The molecular weight excluding hydrogens is 378 g/mol. The molecule has 0 heterocycles. The minimum absolute atomic E-state index is 0.0272. The van der Waals surface area contributed by atoms with Gasteiger partial charge in [0.2, 0.25) is 0 Å². The van der Waals surface area contributed by atoms with Crippen molar-refractivity contribution in [3.05, 3.63) is 27.7 Å². The van der Waals surface area contributed by atoms with Crippen LogP contribution in [0.2, 0.25) is 5.02 Å². The normalized spacial score (nSPS) is 21.8. The molecule has 1 fully saturated rings. The highest BCUT2D eigenvalue weighted by molar-refractivity contribution is 9.10. The summed E-state index contributed by atoms with van der Waals surface area (Å²) in [4.78, 5) is 12.1. The van der Waals surface area contributed by atoms with Crippen LogP contribution in [0.15, 0.2) is 22.7 Å². The second kappa shape index (κ2) is 7.89. The molecule has 1 aromatic carbocycles. The minimum atomic E-state index is -0.0638. The van der Waals surface area contributed by atoms with Gasteiger partial charge in [-0.25, -0.2) is 0 Å². The second-order valence-corrected chi connectivity index (χ2v) is 8.64. The highest BCUT2D eigenvalue weighted by Gasteiger charge is 2.30. The van der Waals surface area contributed by atoms with E-state index in [1.165, 1.54) is 12.8 Å². The van der Waals surface area contributed by atoms with Crippen molar-refractivity contribution < 1.29 is 9.53 Å². The van der Waals surface area contributed by atoms with E-state index in [2.05, 4.69) is 42.0 Å². The lowest BCUT2D eigenvalue weighted by molar-refractivity contribution is -0.124.